The zero-order valence-electron chi connectivity index (χ0n) is 18.5. The summed E-state index contributed by atoms with van der Waals surface area (Å²) in [5.74, 6) is 1.03. The van der Waals surface area contributed by atoms with Crippen LogP contribution < -0.4 is 4.74 Å². The Morgan fingerprint density at radius 1 is 0.871 bits per heavy atom. The van der Waals surface area contributed by atoms with Crippen molar-refractivity contribution in [1.29, 1.82) is 0 Å². The molecule has 0 aromatic heterocycles. The number of morpholine rings is 1. The van der Waals surface area contributed by atoms with Crippen molar-refractivity contribution in [2.45, 2.75) is 19.5 Å². The Morgan fingerprint density at radius 2 is 1.61 bits per heavy atom. The van der Waals surface area contributed by atoms with Crippen LogP contribution in [0.2, 0.25) is 0 Å². The summed E-state index contributed by atoms with van der Waals surface area (Å²) < 4.78 is 10.7. The summed E-state index contributed by atoms with van der Waals surface area (Å²) in [6.45, 7) is 8.75. The van der Waals surface area contributed by atoms with E-state index in [0.29, 0.717) is 0 Å². The normalized spacial score (nSPS) is 18.5. The van der Waals surface area contributed by atoms with Crippen molar-refractivity contribution in [1.82, 2.24) is 14.7 Å². The van der Waals surface area contributed by atoms with E-state index in [1.165, 1.54) is 11.1 Å². The predicted molar refractivity (Wildman–Crippen MR) is 121 cm³/mol. The molecule has 0 bridgehead atoms. The molecule has 0 saturated carbocycles. The molecule has 2 aromatic carbocycles. The highest BCUT2D eigenvalue weighted by molar-refractivity contribution is 5.94. The number of benzene rings is 2. The molecule has 0 unspecified atom stereocenters. The van der Waals surface area contributed by atoms with Crippen LogP contribution in [0.1, 0.15) is 27.9 Å². The van der Waals surface area contributed by atoms with Gasteiger partial charge >= 0.3 is 0 Å². The van der Waals surface area contributed by atoms with E-state index in [1.54, 1.807) is 7.11 Å². The first-order chi connectivity index (χ1) is 15.2. The molecule has 2 aliphatic rings. The Kier molecular flexibility index (Phi) is 7.57. The maximum atomic E-state index is 13.2. The summed E-state index contributed by atoms with van der Waals surface area (Å²) in [5.41, 5.74) is 3.27. The minimum absolute atomic E-state index is 0.148. The quantitative estimate of drug-likeness (QED) is 0.715. The zero-order valence-corrected chi connectivity index (χ0v) is 18.5. The molecule has 1 amide bonds. The summed E-state index contributed by atoms with van der Waals surface area (Å²) in [6.07, 6.45) is 0.995. The third-order valence-corrected chi connectivity index (χ3v) is 6.12. The van der Waals surface area contributed by atoms with Gasteiger partial charge in [-0.2, -0.15) is 0 Å². The van der Waals surface area contributed by atoms with Gasteiger partial charge in [-0.15, -0.1) is 0 Å². The maximum absolute atomic E-state index is 13.2. The van der Waals surface area contributed by atoms with Gasteiger partial charge < -0.3 is 14.4 Å². The number of ether oxygens (including phenoxy) is 2. The summed E-state index contributed by atoms with van der Waals surface area (Å²) in [4.78, 5) is 20.0. The standard InChI is InChI=1S/C25H33N3O3/c1-30-24-8-6-21(7-9-24)19-26-10-3-11-28(13-12-26)25(29)23-5-2-4-22(18-23)20-27-14-16-31-17-15-27/h2,4-9,18H,3,10-17,19-20H2,1H3. The molecule has 0 spiro atoms. The molecule has 31 heavy (non-hydrogen) atoms. The number of carbonyl (C=O) groups is 1. The Balaban J connectivity index is 1.33. The molecule has 2 aromatic rings. The lowest BCUT2D eigenvalue weighted by molar-refractivity contribution is 0.0341. The van der Waals surface area contributed by atoms with Crippen molar-refractivity contribution in [3.05, 3.63) is 65.2 Å². The number of hydrogen-bond donors (Lipinski definition) is 0. The third-order valence-electron chi connectivity index (χ3n) is 6.12. The molecular weight excluding hydrogens is 390 g/mol. The van der Waals surface area contributed by atoms with Gasteiger partial charge in [0.2, 0.25) is 0 Å². The molecular formula is C25H33N3O3. The van der Waals surface area contributed by atoms with E-state index in [4.69, 9.17) is 9.47 Å². The number of carbonyl (C=O) groups excluding carboxylic acids is 1. The lowest BCUT2D eigenvalue weighted by Gasteiger charge is -2.27. The number of methoxy groups -OCH3 is 1. The molecule has 0 N–H and O–H groups in total. The van der Waals surface area contributed by atoms with Crippen molar-refractivity contribution in [3.8, 4) is 5.75 Å². The van der Waals surface area contributed by atoms with E-state index in [0.717, 1.165) is 83.3 Å². The van der Waals surface area contributed by atoms with Gasteiger partial charge in [0.25, 0.3) is 5.91 Å². The zero-order chi connectivity index (χ0) is 21.5. The molecule has 6 nitrogen and oxygen atoms in total. The molecule has 6 heteroatoms. The fraction of sp³-hybridized carbons (Fsp3) is 0.480. The molecule has 0 atom stereocenters. The van der Waals surface area contributed by atoms with Crippen LogP contribution in [0.25, 0.3) is 0 Å². The van der Waals surface area contributed by atoms with Gasteiger partial charge in [0, 0.05) is 57.9 Å². The largest absolute Gasteiger partial charge is 0.497 e. The average molecular weight is 424 g/mol. The Bertz CT molecular complexity index is 849. The van der Waals surface area contributed by atoms with Crippen LogP contribution >= 0.6 is 0 Å². The van der Waals surface area contributed by atoms with Gasteiger partial charge in [0.1, 0.15) is 5.75 Å². The molecule has 4 rings (SSSR count). The van der Waals surface area contributed by atoms with Crippen LogP contribution in [0.15, 0.2) is 48.5 Å². The highest BCUT2D eigenvalue weighted by Gasteiger charge is 2.21. The number of nitrogens with zero attached hydrogens (tertiary/aromatic N) is 3. The minimum atomic E-state index is 0.148. The Morgan fingerprint density at radius 3 is 2.39 bits per heavy atom. The highest BCUT2D eigenvalue weighted by atomic mass is 16.5. The SMILES string of the molecule is COc1ccc(CN2CCCN(C(=O)c3cccc(CN4CCOCC4)c3)CC2)cc1. The number of amides is 1. The van der Waals surface area contributed by atoms with Gasteiger partial charge in [-0.05, 0) is 41.8 Å². The van der Waals surface area contributed by atoms with Crippen molar-refractivity contribution < 1.29 is 14.3 Å². The first-order valence-electron chi connectivity index (χ1n) is 11.2. The van der Waals surface area contributed by atoms with Crippen LogP contribution in [0.5, 0.6) is 5.75 Å². The average Bonchev–Trinajstić information content (AvgIpc) is 3.05. The molecule has 2 saturated heterocycles. The van der Waals surface area contributed by atoms with E-state index < -0.39 is 0 Å². The van der Waals surface area contributed by atoms with E-state index in [2.05, 4.69) is 34.1 Å². The monoisotopic (exact) mass is 423 g/mol. The fourth-order valence-corrected chi connectivity index (χ4v) is 4.32. The van der Waals surface area contributed by atoms with Crippen LogP contribution in [0.3, 0.4) is 0 Å². The summed E-state index contributed by atoms with van der Waals surface area (Å²) in [7, 11) is 1.69. The van der Waals surface area contributed by atoms with Gasteiger partial charge in [-0.1, -0.05) is 24.3 Å². The molecule has 166 valence electrons. The van der Waals surface area contributed by atoms with E-state index in [9.17, 15) is 4.79 Å². The van der Waals surface area contributed by atoms with Gasteiger partial charge in [-0.25, -0.2) is 0 Å². The molecule has 2 aliphatic heterocycles. The summed E-state index contributed by atoms with van der Waals surface area (Å²) in [6, 6.07) is 16.4. The smallest absolute Gasteiger partial charge is 0.253 e. The number of hydrogen-bond acceptors (Lipinski definition) is 5. The highest BCUT2D eigenvalue weighted by Crippen LogP contribution is 2.16. The first kappa shape index (κ1) is 21.8. The molecule has 2 fully saturated rings. The first-order valence-corrected chi connectivity index (χ1v) is 11.2. The second kappa shape index (κ2) is 10.8. The topological polar surface area (TPSA) is 45.2 Å². The van der Waals surface area contributed by atoms with E-state index in [1.807, 2.05) is 29.2 Å². The van der Waals surface area contributed by atoms with Crippen LogP contribution in [0, 0.1) is 0 Å². The lowest BCUT2D eigenvalue weighted by atomic mass is 10.1. The van der Waals surface area contributed by atoms with Crippen LogP contribution in [-0.4, -0.2) is 80.2 Å². The second-order valence-electron chi connectivity index (χ2n) is 8.36. The predicted octanol–water partition coefficient (Wildman–Crippen LogP) is 2.88. The third kappa shape index (κ3) is 6.06. The van der Waals surface area contributed by atoms with E-state index >= 15 is 0 Å². The number of rotatable bonds is 6. The fourth-order valence-electron chi connectivity index (χ4n) is 4.32. The molecule has 0 aliphatic carbocycles. The summed E-state index contributed by atoms with van der Waals surface area (Å²) in [5, 5.41) is 0. The van der Waals surface area contributed by atoms with Crippen molar-refractivity contribution in [3.63, 3.8) is 0 Å². The minimum Gasteiger partial charge on any atom is -0.497 e. The maximum Gasteiger partial charge on any atom is 0.253 e. The second-order valence-corrected chi connectivity index (χ2v) is 8.36. The van der Waals surface area contributed by atoms with Gasteiger partial charge in [0.05, 0.1) is 20.3 Å². The lowest BCUT2D eigenvalue weighted by Crippen LogP contribution is -2.36. The Labute approximate surface area is 185 Å². The Hall–Kier alpha value is -2.41. The molecule has 2 heterocycles. The van der Waals surface area contributed by atoms with E-state index in [-0.39, 0.29) is 5.91 Å². The van der Waals surface area contributed by atoms with Crippen LogP contribution in [-0.2, 0) is 17.8 Å². The van der Waals surface area contributed by atoms with Crippen LogP contribution in [0.4, 0.5) is 0 Å². The van der Waals surface area contributed by atoms with Crippen molar-refractivity contribution in [2.75, 3.05) is 59.6 Å². The molecule has 0 radical (unpaired) electrons. The van der Waals surface area contributed by atoms with Gasteiger partial charge in [-0.3, -0.25) is 14.6 Å². The van der Waals surface area contributed by atoms with Gasteiger partial charge in [0.15, 0.2) is 0 Å². The summed E-state index contributed by atoms with van der Waals surface area (Å²) >= 11 is 0. The van der Waals surface area contributed by atoms with Crippen molar-refractivity contribution in [2.24, 2.45) is 0 Å². The van der Waals surface area contributed by atoms with Crippen molar-refractivity contribution >= 4 is 5.91 Å².